The first-order chi connectivity index (χ1) is 9.22. The molecule has 0 amide bonds. The Hall–Kier alpha value is -2.00. The number of benzene rings is 2. The molecular weight excluding hydrogens is 240 g/mol. The van der Waals surface area contributed by atoms with Gasteiger partial charge >= 0.3 is 0 Å². The van der Waals surface area contributed by atoms with Gasteiger partial charge in [-0.15, -0.1) is 0 Å². The van der Waals surface area contributed by atoms with Gasteiger partial charge in [0, 0.05) is 18.1 Å². The summed E-state index contributed by atoms with van der Waals surface area (Å²) in [7, 11) is 0. The van der Waals surface area contributed by atoms with Gasteiger partial charge in [0.2, 0.25) is 0 Å². The Labute approximate surface area is 112 Å². The van der Waals surface area contributed by atoms with Gasteiger partial charge in [-0.3, -0.25) is 0 Å². The van der Waals surface area contributed by atoms with Crippen molar-refractivity contribution in [2.75, 3.05) is 6.61 Å². The second kappa shape index (κ2) is 4.94. The number of fused-ring (bicyclic) bond motifs is 1. The van der Waals surface area contributed by atoms with Gasteiger partial charge in [0.25, 0.3) is 0 Å². The van der Waals surface area contributed by atoms with Crippen LogP contribution < -0.4 is 9.47 Å². The highest BCUT2D eigenvalue weighted by Gasteiger charge is 2.19. The summed E-state index contributed by atoms with van der Waals surface area (Å²) in [6, 6.07) is 13.4. The van der Waals surface area contributed by atoms with Crippen molar-refractivity contribution in [3.05, 3.63) is 53.6 Å². The normalized spacial score (nSPS) is 17.5. The molecule has 2 aromatic rings. The van der Waals surface area contributed by atoms with Crippen LogP contribution >= 0.6 is 0 Å². The van der Waals surface area contributed by atoms with Gasteiger partial charge in [-0.2, -0.15) is 0 Å². The topological polar surface area (TPSA) is 38.7 Å². The minimum absolute atomic E-state index is 0.433. The van der Waals surface area contributed by atoms with E-state index in [0.29, 0.717) is 18.8 Å². The standard InChI is InChI=1S/C16H16O3/c1-11-2-4-12(5-3-11)19-13-6-7-14-15(17)8-9-18-16(14)10-13/h2-7,10,15,17H,8-9H2,1H3. The quantitative estimate of drug-likeness (QED) is 0.892. The van der Waals surface area contributed by atoms with E-state index in [9.17, 15) is 5.11 Å². The molecule has 1 aliphatic rings. The third-order valence-corrected chi connectivity index (χ3v) is 3.25. The molecule has 1 aliphatic heterocycles. The van der Waals surface area contributed by atoms with Crippen LogP contribution in [0.3, 0.4) is 0 Å². The monoisotopic (exact) mass is 256 g/mol. The lowest BCUT2D eigenvalue weighted by molar-refractivity contribution is 0.115. The maximum Gasteiger partial charge on any atom is 0.131 e. The Kier molecular flexibility index (Phi) is 3.13. The zero-order valence-corrected chi connectivity index (χ0v) is 10.8. The lowest BCUT2D eigenvalue weighted by atomic mass is 10.0. The molecule has 0 fully saturated rings. The first-order valence-corrected chi connectivity index (χ1v) is 6.42. The van der Waals surface area contributed by atoms with Crippen molar-refractivity contribution in [1.29, 1.82) is 0 Å². The molecule has 0 saturated carbocycles. The van der Waals surface area contributed by atoms with Gasteiger partial charge in [-0.25, -0.2) is 0 Å². The molecule has 1 unspecified atom stereocenters. The molecular formula is C16H16O3. The fourth-order valence-electron chi connectivity index (χ4n) is 2.16. The molecule has 1 atom stereocenters. The second-order valence-corrected chi connectivity index (χ2v) is 4.77. The molecule has 0 spiro atoms. The van der Waals surface area contributed by atoms with E-state index in [1.165, 1.54) is 5.56 Å². The summed E-state index contributed by atoms with van der Waals surface area (Å²) >= 11 is 0. The Bertz CT molecular complexity index is 575. The van der Waals surface area contributed by atoms with Crippen molar-refractivity contribution in [3.63, 3.8) is 0 Å². The maximum atomic E-state index is 9.85. The van der Waals surface area contributed by atoms with Gasteiger partial charge in [0.15, 0.2) is 0 Å². The van der Waals surface area contributed by atoms with E-state index < -0.39 is 6.10 Å². The van der Waals surface area contributed by atoms with E-state index in [1.54, 1.807) is 0 Å². The molecule has 3 rings (SSSR count). The minimum Gasteiger partial charge on any atom is -0.493 e. The molecule has 0 aliphatic carbocycles. The van der Waals surface area contributed by atoms with Crippen molar-refractivity contribution >= 4 is 0 Å². The number of hydrogen-bond acceptors (Lipinski definition) is 3. The van der Waals surface area contributed by atoms with E-state index in [-0.39, 0.29) is 0 Å². The summed E-state index contributed by atoms with van der Waals surface area (Å²) in [5.41, 5.74) is 2.03. The zero-order chi connectivity index (χ0) is 13.2. The number of aryl methyl sites for hydroxylation is 1. The van der Waals surface area contributed by atoms with Crippen LogP contribution in [0.25, 0.3) is 0 Å². The smallest absolute Gasteiger partial charge is 0.131 e. The van der Waals surface area contributed by atoms with E-state index in [0.717, 1.165) is 17.1 Å². The fraction of sp³-hybridized carbons (Fsp3) is 0.250. The van der Waals surface area contributed by atoms with Crippen LogP contribution in [-0.4, -0.2) is 11.7 Å². The summed E-state index contributed by atoms with van der Waals surface area (Å²) in [6.45, 7) is 2.58. The highest BCUT2D eigenvalue weighted by molar-refractivity contribution is 5.44. The van der Waals surface area contributed by atoms with Gasteiger partial charge in [-0.1, -0.05) is 17.7 Å². The Morgan fingerprint density at radius 2 is 1.84 bits per heavy atom. The minimum atomic E-state index is -0.433. The third-order valence-electron chi connectivity index (χ3n) is 3.25. The maximum absolute atomic E-state index is 9.85. The number of ether oxygens (including phenoxy) is 2. The SMILES string of the molecule is Cc1ccc(Oc2ccc3c(c2)OCCC3O)cc1. The first-order valence-electron chi connectivity index (χ1n) is 6.42. The highest BCUT2D eigenvalue weighted by atomic mass is 16.5. The first kappa shape index (κ1) is 12.1. The van der Waals surface area contributed by atoms with E-state index in [2.05, 4.69) is 0 Å². The molecule has 19 heavy (non-hydrogen) atoms. The van der Waals surface area contributed by atoms with Crippen LogP contribution in [-0.2, 0) is 0 Å². The fourth-order valence-corrected chi connectivity index (χ4v) is 2.16. The van der Waals surface area contributed by atoms with Crippen molar-refractivity contribution in [1.82, 2.24) is 0 Å². The summed E-state index contributed by atoms with van der Waals surface area (Å²) in [5, 5.41) is 9.85. The Balaban J connectivity index is 1.84. The van der Waals surface area contributed by atoms with Crippen LogP contribution in [0.5, 0.6) is 17.2 Å². The Morgan fingerprint density at radius 1 is 1.11 bits per heavy atom. The summed E-state index contributed by atoms with van der Waals surface area (Å²) in [5.74, 6) is 2.22. The van der Waals surface area contributed by atoms with Gasteiger partial charge in [-0.05, 0) is 31.2 Å². The average Bonchev–Trinajstić information content (AvgIpc) is 2.42. The van der Waals surface area contributed by atoms with Crippen LogP contribution in [0.15, 0.2) is 42.5 Å². The summed E-state index contributed by atoms with van der Waals surface area (Å²) in [4.78, 5) is 0. The van der Waals surface area contributed by atoms with Crippen LogP contribution in [0.2, 0.25) is 0 Å². The predicted octanol–water partition coefficient (Wildman–Crippen LogP) is 3.60. The molecule has 1 N–H and O–H groups in total. The second-order valence-electron chi connectivity index (χ2n) is 4.77. The molecule has 0 bridgehead atoms. The number of rotatable bonds is 2. The van der Waals surface area contributed by atoms with E-state index in [4.69, 9.17) is 9.47 Å². The molecule has 3 nitrogen and oxygen atoms in total. The number of hydrogen-bond donors (Lipinski definition) is 1. The molecule has 0 aromatic heterocycles. The molecule has 2 aromatic carbocycles. The van der Waals surface area contributed by atoms with Crippen molar-refractivity contribution in [3.8, 4) is 17.2 Å². The van der Waals surface area contributed by atoms with Gasteiger partial charge in [0.1, 0.15) is 17.2 Å². The molecule has 3 heteroatoms. The lowest BCUT2D eigenvalue weighted by Crippen LogP contribution is -2.13. The molecule has 0 radical (unpaired) electrons. The molecule has 0 saturated heterocycles. The zero-order valence-electron chi connectivity index (χ0n) is 10.8. The third kappa shape index (κ3) is 2.56. The van der Waals surface area contributed by atoms with E-state index in [1.807, 2.05) is 49.4 Å². The van der Waals surface area contributed by atoms with Crippen molar-refractivity contribution in [2.24, 2.45) is 0 Å². The summed E-state index contributed by atoms with van der Waals surface area (Å²) < 4.78 is 11.3. The van der Waals surface area contributed by atoms with Gasteiger partial charge in [0.05, 0.1) is 12.7 Å². The Morgan fingerprint density at radius 3 is 2.63 bits per heavy atom. The lowest BCUT2D eigenvalue weighted by Gasteiger charge is -2.22. The summed E-state index contributed by atoms with van der Waals surface area (Å²) in [6.07, 6.45) is 0.211. The average molecular weight is 256 g/mol. The number of aliphatic hydroxyl groups excluding tert-OH is 1. The molecule has 1 heterocycles. The van der Waals surface area contributed by atoms with Crippen molar-refractivity contribution < 1.29 is 14.6 Å². The molecule has 98 valence electrons. The highest BCUT2D eigenvalue weighted by Crippen LogP contribution is 2.35. The van der Waals surface area contributed by atoms with Crippen LogP contribution in [0.4, 0.5) is 0 Å². The van der Waals surface area contributed by atoms with Crippen LogP contribution in [0, 0.1) is 6.92 Å². The van der Waals surface area contributed by atoms with Gasteiger partial charge < -0.3 is 14.6 Å². The largest absolute Gasteiger partial charge is 0.493 e. The number of aliphatic hydroxyl groups is 1. The predicted molar refractivity (Wildman–Crippen MR) is 72.8 cm³/mol. The van der Waals surface area contributed by atoms with Crippen LogP contribution in [0.1, 0.15) is 23.7 Å². The van der Waals surface area contributed by atoms with E-state index >= 15 is 0 Å². The van der Waals surface area contributed by atoms with Crippen molar-refractivity contribution in [2.45, 2.75) is 19.4 Å².